The molecule has 1 atom stereocenters. The van der Waals surface area contributed by atoms with Gasteiger partial charge in [-0.05, 0) is 55.3 Å². The molecule has 0 fully saturated rings. The number of carbonyl (C=O) groups is 1. The number of hydrogen-bond acceptors (Lipinski definition) is 6. The Balaban J connectivity index is 1.63. The molecule has 2 aromatic heterocycles. The smallest absolute Gasteiger partial charge is 0.273 e. The predicted molar refractivity (Wildman–Crippen MR) is 134 cm³/mol. The Bertz CT molecular complexity index is 1380. The molecule has 36 heavy (non-hydrogen) atoms. The molecule has 0 bridgehead atoms. The quantitative estimate of drug-likeness (QED) is 0.297. The van der Waals surface area contributed by atoms with Crippen molar-refractivity contribution in [1.29, 1.82) is 0 Å². The van der Waals surface area contributed by atoms with Gasteiger partial charge < -0.3 is 23.9 Å². The fourth-order valence-corrected chi connectivity index (χ4v) is 4.62. The first-order valence-corrected chi connectivity index (χ1v) is 12.0. The average Bonchev–Trinajstić information content (AvgIpc) is 3.61. The van der Waals surface area contributed by atoms with Gasteiger partial charge in [0.1, 0.15) is 22.9 Å². The summed E-state index contributed by atoms with van der Waals surface area (Å²) < 4.78 is 17.1. The zero-order valence-electron chi connectivity index (χ0n) is 20.6. The van der Waals surface area contributed by atoms with E-state index in [0.717, 1.165) is 24.0 Å². The van der Waals surface area contributed by atoms with Crippen LogP contribution in [0.3, 0.4) is 0 Å². The lowest BCUT2D eigenvalue weighted by atomic mass is 9.94. The van der Waals surface area contributed by atoms with Gasteiger partial charge in [0.05, 0.1) is 32.6 Å². The number of benzene rings is 2. The number of amides is 1. The number of rotatable bonds is 9. The largest absolute Gasteiger partial charge is 0.507 e. The van der Waals surface area contributed by atoms with Crippen LogP contribution in [0.1, 0.15) is 58.7 Å². The molecular weight excluding hydrogens is 458 g/mol. The number of phenols is 1. The van der Waals surface area contributed by atoms with Crippen LogP contribution >= 0.6 is 0 Å². The van der Waals surface area contributed by atoms with E-state index in [1.807, 2.05) is 43.3 Å². The highest BCUT2D eigenvalue weighted by atomic mass is 16.5. The van der Waals surface area contributed by atoms with Gasteiger partial charge >= 0.3 is 0 Å². The van der Waals surface area contributed by atoms with E-state index < -0.39 is 6.04 Å². The number of aromatic amines is 1. The number of ether oxygens (including phenoxy) is 2. The average molecular weight is 488 g/mol. The third-order valence-corrected chi connectivity index (χ3v) is 6.44. The molecule has 1 amide bonds. The third kappa shape index (κ3) is 4.19. The molecule has 4 aromatic rings. The number of methoxy groups -OCH3 is 1. The highest BCUT2D eigenvalue weighted by Gasteiger charge is 2.43. The van der Waals surface area contributed by atoms with Crippen LogP contribution in [0.5, 0.6) is 17.2 Å². The first-order chi connectivity index (χ1) is 17.5. The second kappa shape index (κ2) is 9.81. The molecule has 8 heteroatoms. The molecule has 1 aliphatic rings. The molecule has 186 valence electrons. The topological polar surface area (TPSA) is 101 Å². The van der Waals surface area contributed by atoms with Crippen LogP contribution in [0, 0.1) is 6.92 Å². The van der Waals surface area contributed by atoms with E-state index in [9.17, 15) is 9.90 Å². The standard InChI is InChI=1S/C28H29N3O5/c1-4-5-12-36-22-11-9-18(15-23(22)34-3)27-24-25(20-14-17(2)8-10-21(20)32)29-30-26(24)28(33)31(27)16-19-7-6-13-35-19/h6-11,13-15,27,32H,4-5,12,16H2,1-3H3,(H,29,30). The molecule has 1 unspecified atom stereocenters. The zero-order chi connectivity index (χ0) is 25.2. The van der Waals surface area contributed by atoms with Crippen molar-refractivity contribution in [2.45, 2.75) is 39.3 Å². The lowest BCUT2D eigenvalue weighted by molar-refractivity contribution is 0.0716. The van der Waals surface area contributed by atoms with Gasteiger partial charge in [0.25, 0.3) is 5.91 Å². The molecule has 8 nitrogen and oxygen atoms in total. The van der Waals surface area contributed by atoms with Crippen molar-refractivity contribution >= 4 is 5.91 Å². The summed E-state index contributed by atoms with van der Waals surface area (Å²) in [5.74, 6) is 1.81. The monoisotopic (exact) mass is 487 g/mol. The third-order valence-electron chi connectivity index (χ3n) is 6.44. The number of unbranched alkanes of at least 4 members (excludes halogenated alkanes) is 1. The molecule has 0 aliphatic carbocycles. The molecular formula is C28H29N3O5. The van der Waals surface area contributed by atoms with Crippen molar-refractivity contribution in [3.63, 3.8) is 0 Å². The van der Waals surface area contributed by atoms with Crippen molar-refractivity contribution < 1.29 is 23.8 Å². The first kappa shape index (κ1) is 23.5. The molecule has 0 spiro atoms. The van der Waals surface area contributed by atoms with E-state index in [2.05, 4.69) is 17.1 Å². The minimum atomic E-state index is -0.482. The number of fused-ring (bicyclic) bond motifs is 1. The Morgan fingerprint density at radius 2 is 2.03 bits per heavy atom. The SMILES string of the molecule is CCCCOc1ccc(C2c3c(-c4cc(C)ccc4O)n[nH]c3C(=O)N2Cc2ccco2)cc1OC. The normalized spacial score (nSPS) is 14.8. The lowest BCUT2D eigenvalue weighted by Crippen LogP contribution is -2.29. The zero-order valence-corrected chi connectivity index (χ0v) is 20.6. The summed E-state index contributed by atoms with van der Waals surface area (Å²) in [4.78, 5) is 15.3. The van der Waals surface area contributed by atoms with E-state index in [4.69, 9.17) is 13.9 Å². The number of furan rings is 1. The van der Waals surface area contributed by atoms with E-state index in [0.29, 0.717) is 46.4 Å². The maximum atomic E-state index is 13.6. The Kier molecular flexibility index (Phi) is 6.41. The maximum absolute atomic E-state index is 13.6. The molecule has 0 saturated carbocycles. The van der Waals surface area contributed by atoms with Gasteiger partial charge in [-0.15, -0.1) is 0 Å². The fraction of sp³-hybridized carbons (Fsp3) is 0.286. The van der Waals surface area contributed by atoms with Gasteiger partial charge in [-0.3, -0.25) is 9.89 Å². The van der Waals surface area contributed by atoms with Crippen molar-refractivity contribution in [2.75, 3.05) is 13.7 Å². The van der Waals surface area contributed by atoms with Gasteiger partial charge in [-0.25, -0.2) is 0 Å². The molecule has 0 saturated heterocycles. The van der Waals surface area contributed by atoms with E-state index in [1.54, 1.807) is 30.4 Å². The van der Waals surface area contributed by atoms with Crippen LogP contribution < -0.4 is 9.47 Å². The molecule has 0 radical (unpaired) electrons. The Labute approximate surface area is 209 Å². The van der Waals surface area contributed by atoms with Crippen LogP contribution in [0.4, 0.5) is 0 Å². The summed E-state index contributed by atoms with van der Waals surface area (Å²) in [6, 6.07) is 14.2. The summed E-state index contributed by atoms with van der Waals surface area (Å²) in [6.45, 7) is 4.93. The number of aromatic nitrogens is 2. The van der Waals surface area contributed by atoms with Crippen molar-refractivity contribution in [2.24, 2.45) is 0 Å². The van der Waals surface area contributed by atoms with Crippen LogP contribution in [0.25, 0.3) is 11.3 Å². The van der Waals surface area contributed by atoms with Crippen LogP contribution in [-0.4, -0.2) is 39.8 Å². The lowest BCUT2D eigenvalue weighted by Gasteiger charge is -2.26. The number of aryl methyl sites for hydroxylation is 1. The maximum Gasteiger partial charge on any atom is 0.273 e. The second-order valence-electron chi connectivity index (χ2n) is 8.91. The number of nitrogens with zero attached hydrogens (tertiary/aromatic N) is 2. The summed E-state index contributed by atoms with van der Waals surface area (Å²) in [5.41, 5.74) is 4.01. The Hall–Kier alpha value is -4.20. The van der Waals surface area contributed by atoms with Gasteiger partial charge in [0, 0.05) is 11.1 Å². The number of aromatic hydroxyl groups is 1. The minimum Gasteiger partial charge on any atom is -0.507 e. The van der Waals surface area contributed by atoms with Gasteiger partial charge in [0.15, 0.2) is 11.5 Å². The minimum absolute atomic E-state index is 0.0998. The Morgan fingerprint density at radius 1 is 1.17 bits per heavy atom. The molecule has 2 N–H and O–H groups in total. The van der Waals surface area contributed by atoms with Gasteiger partial charge in [0.2, 0.25) is 0 Å². The number of carbonyl (C=O) groups excluding carboxylic acids is 1. The van der Waals surface area contributed by atoms with E-state index >= 15 is 0 Å². The molecule has 5 rings (SSSR count). The van der Waals surface area contributed by atoms with Gasteiger partial charge in [-0.1, -0.05) is 31.0 Å². The predicted octanol–water partition coefficient (Wildman–Crippen LogP) is 5.62. The summed E-state index contributed by atoms with van der Waals surface area (Å²) >= 11 is 0. The summed E-state index contributed by atoms with van der Waals surface area (Å²) in [7, 11) is 1.60. The van der Waals surface area contributed by atoms with Crippen molar-refractivity contribution in [3.8, 4) is 28.5 Å². The number of phenolic OH excluding ortho intramolecular Hbond substituents is 1. The molecule has 1 aliphatic heterocycles. The number of nitrogens with one attached hydrogen (secondary N) is 1. The fourth-order valence-electron chi connectivity index (χ4n) is 4.62. The van der Waals surface area contributed by atoms with Crippen LogP contribution in [0.2, 0.25) is 0 Å². The van der Waals surface area contributed by atoms with E-state index in [-0.39, 0.29) is 18.2 Å². The van der Waals surface area contributed by atoms with Crippen LogP contribution in [0.15, 0.2) is 59.2 Å². The highest BCUT2D eigenvalue weighted by molar-refractivity contribution is 6.00. The highest BCUT2D eigenvalue weighted by Crippen LogP contribution is 2.46. The summed E-state index contributed by atoms with van der Waals surface area (Å²) in [6.07, 6.45) is 3.57. The van der Waals surface area contributed by atoms with Crippen molar-refractivity contribution in [1.82, 2.24) is 15.1 Å². The number of hydrogen-bond donors (Lipinski definition) is 2. The molecule has 2 aromatic carbocycles. The van der Waals surface area contributed by atoms with Crippen molar-refractivity contribution in [3.05, 3.63) is 82.9 Å². The van der Waals surface area contributed by atoms with E-state index in [1.165, 1.54) is 0 Å². The van der Waals surface area contributed by atoms with Crippen LogP contribution in [-0.2, 0) is 6.54 Å². The first-order valence-electron chi connectivity index (χ1n) is 12.0. The van der Waals surface area contributed by atoms with Gasteiger partial charge in [-0.2, -0.15) is 5.10 Å². The summed E-state index contributed by atoms with van der Waals surface area (Å²) in [5, 5.41) is 18.0. The number of H-pyrrole nitrogens is 1. The second-order valence-corrected chi connectivity index (χ2v) is 8.91. The molecule has 3 heterocycles. The Morgan fingerprint density at radius 3 is 2.78 bits per heavy atom.